The van der Waals surface area contributed by atoms with Gasteiger partial charge in [0.1, 0.15) is 5.82 Å². The number of likely N-dealkylation sites (N-methyl/N-ethyl adjacent to an activating group) is 1. The van der Waals surface area contributed by atoms with Crippen LogP contribution in [-0.2, 0) is 20.7 Å². The Morgan fingerprint density at radius 2 is 2.03 bits per heavy atom. The second kappa shape index (κ2) is 13.6. The number of ether oxygens (including phenoxy) is 1. The van der Waals surface area contributed by atoms with E-state index in [1.54, 1.807) is 7.11 Å². The van der Waals surface area contributed by atoms with Crippen molar-refractivity contribution in [1.29, 1.82) is 0 Å². The zero-order chi connectivity index (χ0) is 21.6. The minimum Gasteiger partial charge on any atom is -0.383 e. The minimum atomic E-state index is -0.555. The van der Waals surface area contributed by atoms with Crippen molar-refractivity contribution in [2.24, 2.45) is 5.92 Å². The number of hydrazine groups is 1. The van der Waals surface area contributed by atoms with Crippen molar-refractivity contribution in [2.45, 2.75) is 46.0 Å². The van der Waals surface area contributed by atoms with E-state index in [-0.39, 0.29) is 24.8 Å². The molecular weight excluding hydrogens is 378 g/mol. The second-order valence-electron chi connectivity index (χ2n) is 6.68. The summed E-state index contributed by atoms with van der Waals surface area (Å²) in [6.07, 6.45) is 4.24. The van der Waals surface area contributed by atoms with Crippen molar-refractivity contribution in [2.75, 3.05) is 44.2 Å². The average Bonchev–Trinajstić information content (AvgIpc) is 2.74. The Labute approximate surface area is 171 Å². The highest BCUT2D eigenvalue weighted by Gasteiger charge is 2.21. The second-order valence-corrected chi connectivity index (χ2v) is 6.68. The highest BCUT2D eigenvalue weighted by Crippen LogP contribution is 2.13. The number of anilines is 2. The molecule has 29 heavy (non-hydrogen) atoms. The first-order chi connectivity index (χ1) is 13.9. The number of nitrogens with one attached hydrogen (secondary N) is 2. The van der Waals surface area contributed by atoms with Crippen molar-refractivity contribution >= 4 is 24.2 Å². The van der Waals surface area contributed by atoms with Gasteiger partial charge in [-0.1, -0.05) is 33.1 Å². The number of unbranched alkanes of at least 4 members (excludes halogenated alkanes) is 2. The molecule has 3 N–H and O–H groups in total. The third kappa shape index (κ3) is 9.01. The van der Waals surface area contributed by atoms with Crippen LogP contribution in [0.4, 0.5) is 11.9 Å². The first kappa shape index (κ1) is 24.5. The summed E-state index contributed by atoms with van der Waals surface area (Å²) in [5.74, 6) is 0.356. The molecule has 1 rings (SSSR count). The number of nitrogens with zero attached hydrogens (tertiary/aromatic N) is 5. The maximum Gasteiger partial charge on any atom is 0.246 e. The number of hydroxylamine groups is 2. The number of aryl methyl sites for hydroxylation is 1. The molecule has 0 radical (unpaired) electrons. The van der Waals surface area contributed by atoms with Crippen LogP contribution in [0.15, 0.2) is 0 Å². The van der Waals surface area contributed by atoms with Gasteiger partial charge in [0.15, 0.2) is 0 Å². The van der Waals surface area contributed by atoms with Crippen molar-refractivity contribution in [3.63, 3.8) is 0 Å². The van der Waals surface area contributed by atoms with E-state index < -0.39 is 5.92 Å². The molecule has 1 aromatic rings. The molecule has 11 heteroatoms. The highest BCUT2D eigenvalue weighted by molar-refractivity contribution is 5.80. The summed E-state index contributed by atoms with van der Waals surface area (Å²) >= 11 is 0. The quantitative estimate of drug-likeness (QED) is 0.167. The van der Waals surface area contributed by atoms with E-state index in [2.05, 4.69) is 32.7 Å². The van der Waals surface area contributed by atoms with E-state index in [1.807, 2.05) is 18.9 Å². The lowest BCUT2D eigenvalue weighted by atomic mass is 10.0. The molecule has 164 valence electrons. The highest BCUT2D eigenvalue weighted by atomic mass is 16.5. The van der Waals surface area contributed by atoms with E-state index in [0.29, 0.717) is 42.8 Å². The summed E-state index contributed by atoms with van der Waals surface area (Å²) in [6.45, 7) is 5.04. The van der Waals surface area contributed by atoms with E-state index in [9.17, 15) is 14.8 Å². The van der Waals surface area contributed by atoms with Crippen LogP contribution in [0, 0.1) is 5.92 Å². The fourth-order valence-electron chi connectivity index (χ4n) is 2.55. The van der Waals surface area contributed by atoms with Crippen molar-refractivity contribution < 1.29 is 19.5 Å². The summed E-state index contributed by atoms with van der Waals surface area (Å²) in [5, 5.41) is 9.96. The standard InChI is InChI=1S/C18H33N7O4/c1-5-7-8-9-14(12-25(28)13-26)16(27)22-23-17-19-15(6-2)20-18(21-17)24(3)10-11-29-4/h13-14,28H,5-12H2,1-4H3,(H,22,27)(H,19,20,21,23)/t14-/m1/s1. The molecule has 1 atom stereocenters. The fraction of sp³-hybridized carbons (Fsp3) is 0.722. The summed E-state index contributed by atoms with van der Waals surface area (Å²) in [6, 6.07) is 0. The predicted molar refractivity (Wildman–Crippen MR) is 108 cm³/mol. The van der Waals surface area contributed by atoms with Crippen molar-refractivity contribution in [3.05, 3.63) is 5.82 Å². The maximum absolute atomic E-state index is 12.6. The number of hydrogen-bond donors (Lipinski definition) is 3. The SMILES string of the molecule is CCCCC[C@H](CN(O)C=O)C(=O)NNc1nc(CC)nc(N(C)CCOC)n1. The maximum atomic E-state index is 12.6. The van der Waals surface area contributed by atoms with Crippen molar-refractivity contribution in [3.8, 4) is 0 Å². The van der Waals surface area contributed by atoms with Crippen LogP contribution in [0.3, 0.4) is 0 Å². The van der Waals surface area contributed by atoms with Gasteiger partial charge in [0.25, 0.3) is 0 Å². The van der Waals surface area contributed by atoms with E-state index in [0.717, 1.165) is 19.3 Å². The lowest BCUT2D eigenvalue weighted by molar-refractivity contribution is -0.154. The summed E-state index contributed by atoms with van der Waals surface area (Å²) in [7, 11) is 3.46. The van der Waals surface area contributed by atoms with Gasteiger partial charge in [-0.25, -0.2) is 5.06 Å². The third-order valence-electron chi connectivity index (χ3n) is 4.31. The topological polar surface area (TPSA) is 133 Å². The molecule has 2 amide bonds. The number of hydrogen-bond acceptors (Lipinski definition) is 9. The molecule has 0 bridgehead atoms. The molecule has 0 aliphatic heterocycles. The van der Waals surface area contributed by atoms with Crippen LogP contribution in [0.25, 0.3) is 0 Å². The summed E-state index contributed by atoms with van der Waals surface area (Å²) in [5.41, 5.74) is 5.30. The number of aromatic nitrogens is 3. The molecule has 0 fully saturated rings. The number of carbonyl (C=O) groups excluding carboxylic acids is 2. The zero-order valence-corrected chi connectivity index (χ0v) is 17.7. The Morgan fingerprint density at radius 1 is 1.28 bits per heavy atom. The van der Waals surface area contributed by atoms with Gasteiger partial charge < -0.3 is 9.64 Å². The molecule has 0 saturated heterocycles. The Morgan fingerprint density at radius 3 is 2.66 bits per heavy atom. The molecule has 11 nitrogen and oxygen atoms in total. The average molecular weight is 412 g/mol. The molecule has 0 spiro atoms. The lowest BCUT2D eigenvalue weighted by Gasteiger charge is -2.20. The predicted octanol–water partition coefficient (Wildman–Crippen LogP) is 1.00. The normalized spacial score (nSPS) is 11.6. The van der Waals surface area contributed by atoms with Crippen LogP contribution >= 0.6 is 0 Å². The monoisotopic (exact) mass is 411 g/mol. The summed E-state index contributed by atoms with van der Waals surface area (Å²) in [4.78, 5) is 38.1. The molecule has 1 aromatic heterocycles. The smallest absolute Gasteiger partial charge is 0.246 e. The fourth-order valence-corrected chi connectivity index (χ4v) is 2.55. The van der Waals surface area contributed by atoms with Crippen molar-refractivity contribution in [1.82, 2.24) is 25.4 Å². The minimum absolute atomic E-state index is 0.0802. The van der Waals surface area contributed by atoms with Crippen LogP contribution in [0.2, 0.25) is 0 Å². The molecule has 0 aliphatic rings. The molecule has 0 saturated carbocycles. The van der Waals surface area contributed by atoms with Gasteiger partial charge in [-0.3, -0.25) is 25.6 Å². The van der Waals surface area contributed by atoms with Crippen LogP contribution in [0.5, 0.6) is 0 Å². The molecule has 0 aromatic carbocycles. The third-order valence-corrected chi connectivity index (χ3v) is 4.31. The number of methoxy groups -OCH3 is 1. The first-order valence-corrected chi connectivity index (χ1v) is 9.86. The number of carbonyl (C=O) groups is 2. The zero-order valence-electron chi connectivity index (χ0n) is 17.7. The first-order valence-electron chi connectivity index (χ1n) is 9.86. The van der Waals surface area contributed by atoms with Crippen LogP contribution in [0.1, 0.15) is 45.4 Å². The molecule has 1 heterocycles. The molecular formula is C18H33N7O4. The Kier molecular flexibility index (Phi) is 11.5. The van der Waals surface area contributed by atoms with Crippen LogP contribution in [-0.4, -0.2) is 71.4 Å². The Bertz CT molecular complexity index is 632. The Balaban J connectivity index is 2.80. The van der Waals surface area contributed by atoms with Gasteiger partial charge in [0.2, 0.25) is 24.2 Å². The van der Waals surface area contributed by atoms with Gasteiger partial charge >= 0.3 is 0 Å². The van der Waals surface area contributed by atoms with Crippen LogP contribution < -0.4 is 15.8 Å². The number of amides is 2. The van der Waals surface area contributed by atoms with E-state index >= 15 is 0 Å². The van der Waals surface area contributed by atoms with Gasteiger partial charge in [0.05, 0.1) is 19.1 Å². The van der Waals surface area contributed by atoms with E-state index in [4.69, 9.17) is 4.74 Å². The van der Waals surface area contributed by atoms with E-state index in [1.165, 1.54) is 0 Å². The number of rotatable bonds is 15. The van der Waals surface area contributed by atoms with Gasteiger partial charge in [-0.2, -0.15) is 15.0 Å². The van der Waals surface area contributed by atoms with Gasteiger partial charge in [0, 0.05) is 27.1 Å². The molecule has 0 aliphatic carbocycles. The lowest BCUT2D eigenvalue weighted by Crippen LogP contribution is -2.40. The Hall–Kier alpha value is -2.53. The summed E-state index contributed by atoms with van der Waals surface area (Å²) < 4.78 is 5.07. The molecule has 0 unspecified atom stereocenters. The van der Waals surface area contributed by atoms with Gasteiger partial charge in [-0.05, 0) is 6.42 Å². The largest absolute Gasteiger partial charge is 0.383 e. The van der Waals surface area contributed by atoms with Gasteiger partial charge in [-0.15, -0.1) is 0 Å².